The van der Waals surface area contributed by atoms with E-state index in [1.165, 1.54) is 7.11 Å². The number of amides is 2. The predicted octanol–water partition coefficient (Wildman–Crippen LogP) is -0.299. The molecule has 2 N–H and O–H groups in total. The van der Waals surface area contributed by atoms with Crippen LogP contribution in [0.1, 0.15) is 22.5 Å². The second-order valence-electron chi connectivity index (χ2n) is 6.32. The Labute approximate surface area is 134 Å². The average molecular weight is 322 g/mol. The Balaban J connectivity index is 1.92. The number of carbonyl (C=O) groups is 2. The third-order valence-corrected chi connectivity index (χ3v) is 5.06. The summed E-state index contributed by atoms with van der Waals surface area (Å²) < 4.78 is 12.3. The van der Waals surface area contributed by atoms with Gasteiger partial charge in [0.2, 0.25) is 11.8 Å². The molecule has 3 heterocycles. The minimum atomic E-state index is -0.683. The summed E-state index contributed by atoms with van der Waals surface area (Å²) in [6.07, 6.45) is 0.555. The smallest absolute Gasteiger partial charge is 0.261 e. The van der Waals surface area contributed by atoms with Crippen LogP contribution in [-0.4, -0.2) is 59.9 Å². The van der Waals surface area contributed by atoms with Crippen molar-refractivity contribution < 1.29 is 19.1 Å². The molecule has 2 amide bonds. The number of hydrogen-bond acceptors (Lipinski definition) is 5. The summed E-state index contributed by atoms with van der Waals surface area (Å²) in [6, 6.07) is 0. The van der Waals surface area contributed by atoms with Crippen molar-refractivity contribution in [3.63, 3.8) is 0 Å². The van der Waals surface area contributed by atoms with Gasteiger partial charge in [-0.1, -0.05) is 0 Å². The lowest BCUT2D eigenvalue weighted by molar-refractivity contribution is -0.135. The first-order chi connectivity index (χ1) is 10.9. The van der Waals surface area contributed by atoms with E-state index in [0.717, 1.165) is 0 Å². The molecule has 0 aromatic carbocycles. The molecule has 2 saturated heterocycles. The Morgan fingerprint density at radius 3 is 2.83 bits per heavy atom. The van der Waals surface area contributed by atoms with Crippen molar-refractivity contribution in [2.24, 2.45) is 24.1 Å². The molecule has 8 nitrogen and oxygen atoms in total. The lowest BCUT2D eigenvalue weighted by atomic mass is 9.74. The molecule has 1 aromatic rings. The van der Waals surface area contributed by atoms with Crippen molar-refractivity contribution in [3.8, 4) is 5.88 Å². The Morgan fingerprint density at radius 1 is 1.48 bits per heavy atom. The van der Waals surface area contributed by atoms with Gasteiger partial charge in [-0.25, -0.2) is 4.68 Å². The standard InChI is InChI=1S/C15H22N4O4/c1-9-11(13(22-3)18(2)17-9)12(20)19-6-10-7-23-5-4-15(10,8-19)14(16)21/h10H,4-8H2,1-3H3,(H2,16,21)/t10-,15+/m1/s1. The molecule has 126 valence electrons. The molecule has 0 aliphatic carbocycles. The highest BCUT2D eigenvalue weighted by molar-refractivity contribution is 5.98. The number of nitrogens with two attached hydrogens (primary N) is 1. The highest BCUT2D eigenvalue weighted by Crippen LogP contribution is 2.42. The second-order valence-corrected chi connectivity index (χ2v) is 6.32. The van der Waals surface area contributed by atoms with E-state index in [2.05, 4.69) is 5.10 Å². The number of rotatable bonds is 3. The second kappa shape index (κ2) is 5.52. The van der Waals surface area contributed by atoms with E-state index in [9.17, 15) is 9.59 Å². The molecule has 2 fully saturated rings. The van der Waals surface area contributed by atoms with Crippen molar-refractivity contribution in [3.05, 3.63) is 11.3 Å². The number of aryl methyl sites for hydroxylation is 2. The summed E-state index contributed by atoms with van der Waals surface area (Å²) in [4.78, 5) is 26.7. The van der Waals surface area contributed by atoms with Crippen LogP contribution in [0.25, 0.3) is 0 Å². The van der Waals surface area contributed by atoms with E-state index in [4.69, 9.17) is 15.2 Å². The topological polar surface area (TPSA) is 99.7 Å². The van der Waals surface area contributed by atoms with Gasteiger partial charge in [-0.15, -0.1) is 0 Å². The first kappa shape index (κ1) is 15.8. The first-order valence-electron chi connectivity index (χ1n) is 7.65. The maximum atomic E-state index is 13.0. The fourth-order valence-corrected chi connectivity index (χ4v) is 3.78. The lowest BCUT2D eigenvalue weighted by Crippen LogP contribution is -2.48. The first-order valence-corrected chi connectivity index (χ1v) is 7.65. The molecule has 8 heteroatoms. The monoisotopic (exact) mass is 322 g/mol. The van der Waals surface area contributed by atoms with E-state index in [1.54, 1.807) is 23.6 Å². The summed E-state index contributed by atoms with van der Waals surface area (Å²) in [5, 5.41) is 4.25. The number of methoxy groups -OCH3 is 1. The van der Waals surface area contributed by atoms with Crippen LogP contribution in [0.3, 0.4) is 0 Å². The largest absolute Gasteiger partial charge is 0.481 e. The average Bonchev–Trinajstić information content (AvgIpc) is 3.04. The van der Waals surface area contributed by atoms with Crippen molar-refractivity contribution >= 4 is 11.8 Å². The summed E-state index contributed by atoms with van der Waals surface area (Å²) in [5.74, 6) is -0.161. The fourth-order valence-electron chi connectivity index (χ4n) is 3.78. The molecule has 0 radical (unpaired) electrons. The van der Waals surface area contributed by atoms with Gasteiger partial charge in [0.25, 0.3) is 5.91 Å². The van der Waals surface area contributed by atoms with Gasteiger partial charge in [0, 0.05) is 32.7 Å². The van der Waals surface area contributed by atoms with Gasteiger partial charge in [-0.2, -0.15) is 5.10 Å². The van der Waals surface area contributed by atoms with Gasteiger partial charge in [0.05, 0.1) is 24.8 Å². The van der Waals surface area contributed by atoms with E-state index in [0.29, 0.717) is 49.9 Å². The predicted molar refractivity (Wildman–Crippen MR) is 81.0 cm³/mol. The third kappa shape index (κ3) is 2.28. The van der Waals surface area contributed by atoms with Crippen LogP contribution in [0, 0.1) is 18.3 Å². The number of fused-ring (bicyclic) bond motifs is 1. The molecular formula is C15H22N4O4. The molecule has 2 aliphatic heterocycles. The third-order valence-electron chi connectivity index (χ3n) is 5.06. The number of hydrogen-bond donors (Lipinski definition) is 1. The van der Waals surface area contributed by atoms with Gasteiger partial charge >= 0.3 is 0 Å². The van der Waals surface area contributed by atoms with Crippen LogP contribution in [0.2, 0.25) is 0 Å². The van der Waals surface area contributed by atoms with Crippen molar-refractivity contribution in [2.75, 3.05) is 33.4 Å². The van der Waals surface area contributed by atoms with Gasteiger partial charge < -0.3 is 20.1 Å². The zero-order chi connectivity index (χ0) is 16.8. The molecule has 3 rings (SSSR count). The highest BCUT2D eigenvalue weighted by atomic mass is 16.5. The summed E-state index contributed by atoms with van der Waals surface area (Å²) in [7, 11) is 3.24. The molecule has 0 saturated carbocycles. The minimum Gasteiger partial charge on any atom is -0.481 e. The van der Waals surface area contributed by atoms with E-state index >= 15 is 0 Å². The van der Waals surface area contributed by atoms with Gasteiger partial charge in [0.1, 0.15) is 5.56 Å². The molecule has 23 heavy (non-hydrogen) atoms. The lowest BCUT2D eigenvalue weighted by Gasteiger charge is -2.34. The van der Waals surface area contributed by atoms with E-state index in [1.807, 2.05) is 0 Å². The van der Waals surface area contributed by atoms with Gasteiger partial charge in [0.15, 0.2) is 0 Å². The Hall–Kier alpha value is -2.09. The Kier molecular flexibility index (Phi) is 3.79. The number of primary amides is 1. The van der Waals surface area contributed by atoms with Crippen LogP contribution < -0.4 is 10.5 Å². The summed E-state index contributed by atoms with van der Waals surface area (Å²) in [6.45, 7) is 3.50. The molecule has 2 aliphatic rings. The molecule has 0 unspecified atom stereocenters. The van der Waals surface area contributed by atoms with Crippen LogP contribution in [0.15, 0.2) is 0 Å². The number of carbonyl (C=O) groups excluding carboxylic acids is 2. The van der Waals surface area contributed by atoms with Crippen molar-refractivity contribution in [2.45, 2.75) is 13.3 Å². The normalized spacial score (nSPS) is 26.9. The van der Waals surface area contributed by atoms with Gasteiger partial charge in [-0.3, -0.25) is 9.59 Å². The van der Waals surface area contributed by atoms with Crippen molar-refractivity contribution in [1.82, 2.24) is 14.7 Å². The number of likely N-dealkylation sites (tertiary alicyclic amines) is 1. The van der Waals surface area contributed by atoms with Gasteiger partial charge in [-0.05, 0) is 13.3 Å². The van der Waals surface area contributed by atoms with Crippen LogP contribution in [-0.2, 0) is 16.6 Å². The van der Waals surface area contributed by atoms with Crippen LogP contribution in [0.5, 0.6) is 5.88 Å². The SMILES string of the molecule is COc1c(C(=O)N2C[C@@H]3COCC[C@]3(C(N)=O)C2)c(C)nn1C. The number of aromatic nitrogens is 2. The summed E-state index contributed by atoms with van der Waals surface area (Å²) >= 11 is 0. The molecular weight excluding hydrogens is 300 g/mol. The molecule has 1 aromatic heterocycles. The fraction of sp³-hybridized carbons (Fsp3) is 0.667. The zero-order valence-corrected chi connectivity index (χ0v) is 13.7. The summed E-state index contributed by atoms with van der Waals surface area (Å²) in [5.41, 5.74) is 6.02. The highest BCUT2D eigenvalue weighted by Gasteiger charge is 2.54. The Morgan fingerprint density at radius 2 is 2.22 bits per heavy atom. The van der Waals surface area contributed by atoms with E-state index in [-0.39, 0.29) is 17.7 Å². The minimum absolute atomic E-state index is 0.0549. The molecule has 0 spiro atoms. The van der Waals surface area contributed by atoms with Crippen LogP contribution >= 0.6 is 0 Å². The maximum absolute atomic E-state index is 13.0. The maximum Gasteiger partial charge on any atom is 0.261 e. The van der Waals surface area contributed by atoms with E-state index < -0.39 is 5.41 Å². The Bertz CT molecular complexity index is 656. The van der Waals surface area contributed by atoms with Crippen molar-refractivity contribution in [1.29, 1.82) is 0 Å². The molecule has 2 atom stereocenters. The number of ether oxygens (including phenoxy) is 2. The van der Waals surface area contributed by atoms with Crippen LogP contribution in [0.4, 0.5) is 0 Å². The number of nitrogens with zero attached hydrogens (tertiary/aromatic N) is 3. The zero-order valence-electron chi connectivity index (χ0n) is 13.7. The molecule has 0 bridgehead atoms. The quantitative estimate of drug-likeness (QED) is 0.824.